The minimum absolute atomic E-state index is 0.0876. The van der Waals surface area contributed by atoms with Gasteiger partial charge in [0.15, 0.2) is 5.82 Å². The van der Waals surface area contributed by atoms with Gasteiger partial charge in [-0.1, -0.05) is 19.8 Å². The maximum absolute atomic E-state index is 13.0. The number of carbonyl (C=O) groups excluding carboxylic acids is 1. The summed E-state index contributed by atoms with van der Waals surface area (Å²) in [5.41, 5.74) is 2.13. The van der Waals surface area contributed by atoms with Crippen molar-refractivity contribution in [1.82, 2.24) is 14.3 Å². The van der Waals surface area contributed by atoms with E-state index in [0.717, 1.165) is 55.8 Å². The molecule has 0 spiro atoms. The molecule has 2 aromatic heterocycles. The van der Waals surface area contributed by atoms with Crippen molar-refractivity contribution in [3.8, 4) is 0 Å². The average molecular weight is 354 g/mol. The summed E-state index contributed by atoms with van der Waals surface area (Å²) < 4.78 is 2.17. The van der Waals surface area contributed by atoms with Crippen molar-refractivity contribution in [2.75, 3.05) is 32.1 Å². The zero-order valence-corrected chi connectivity index (χ0v) is 16.2. The SMILES string of the molecule is CN(C)c1nc([C@@]2(C)CCCN(C(=O)C3CCCC3)C2)cn2cccc12. The number of carbonyl (C=O) groups is 1. The van der Waals surface area contributed by atoms with E-state index in [-0.39, 0.29) is 11.3 Å². The van der Waals surface area contributed by atoms with Gasteiger partial charge in [-0.25, -0.2) is 4.98 Å². The lowest BCUT2D eigenvalue weighted by atomic mass is 9.78. The third-order valence-electron chi connectivity index (χ3n) is 6.25. The predicted octanol–water partition coefficient (Wildman–Crippen LogP) is 3.47. The first-order valence-electron chi connectivity index (χ1n) is 9.92. The molecular weight excluding hydrogens is 324 g/mol. The summed E-state index contributed by atoms with van der Waals surface area (Å²) in [6.45, 7) is 3.96. The van der Waals surface area contributed by atoms with Gasteiger partial charge in [0.2, 0.25) is 5.91 Å². The fourth-order valence-electron chi connectivity index (χ4n) is 4.72. The normalized spacial score (nSPS) is 24.3. The van der Waals surface area contributed by atoms with Gasteiger partial charge < -0.3 is 14.2 Å². The smallest absolute Gasteiger partial charge is 0.225 e. The molecule has 140 valence electrons. The van der Waals surface area contributed by atoms with Crippen molar-refractivity contribution >= 4 is 17.2 Å². The van der Waals surface area contributed by atoms with Crippen LogP contribution in [0.4, 0.5) is 5.82 Å². The molecule has 2 aliphatic rings. The molecule has 0 aromatic carbocycles. The quantitative estimate of drug-likeness (QED) is 0.847. The fourth-order valence-corrected chi connectivity index (χ4v) is 4.72. The number of aromatic nitrogens is 2. The topological polar surface area (TPSA) is 40.9 Å². The van der Waals surface area contributed by atoms with Crippen molar-refractivity contribution in [1.29, 1.82) is 0 Å². The molecule has 1 aliphatic carbocycles. The number of nitrogens with zero attached hydrogens (tertiary/aromatic N) is 4. The van der Waals surface area contributed by atoms with E-state index in [1.165, 1.54) is 12.8 Å². The van der Waals surface area contributed by atoms with Crippen LogP contribution in [-0.2, 0) is 10.2 Å². The Labute approximate surface area is 156 Å². The van der Waals surface area contributed by atoms with Gasteiger partial charge in [-0.2, -0.15) is 0 Å². The summed E-state index contributed by atoms with van der Waals surface area (Å²) in [6, 6.07) is 4.16. The van der Waals surface area contributed by atoms with Crippen LogP contribution in [0.3, 0.4) is 0 Å². The van der Waals surface area contributed by atoms with Crippen molar-refractivity contribution in [3.63, 3.8) is 0 Å². The van der Waals surface area contributed by atoms with E-state index in [1.54, 1.807) is 0 Å². The maximum Gasteiger partial charge on any atom is 0.225 e. The molecule has 0 unspecified atom stereocenters. The molecule has 1 atom stereocenters. The second-order valence-electron chi connectivity index (χ2n) is 8.55. The molecule has 2 aromatic rings. The molecule has 1 amide bonds. The highest BCUT2D eigenvalue weighted by Crippen LogP contribution is 2.36. The molecule has 1 aliphatic heterocycles. The molecule has 0 radical (unpaired) electrons. The van der Waals surface area contributed by atoms with Gasteiger partial charge in [0.05, 0.1) is 11.2 Å². The third-order valence-corrected chi connectivity index (χ3v) is 6.25. The molecule has 1 saturated carbocycles. The first kappa shape index (κ1) is 17.4. The van der Waals surface area contributed by atoms with E-state index in [4.69, 9.17) is 4.98 Å². The van der Waals surface area contributed by atoms with Gasteiger partial charge in [-0.15, -0.1) is 0 Å². The molecule has 0 N–H and O–H groups in total. The Morgan fingerprint density at radius 3 is 2.77 bits per heavy atom. The van der Waals surface area contributed by atoms with Crippen LogP contribution in [0.5, 0.6) is 0 Å². The highest BCUT2D eigenvalue weighted by atomic mass is 16.2. The van der Waals surface area contributed by atoms with Crippen molar-refractivity contribution in [3.05, 3.63) is 30.2 Å². The summed E-state index contributed by atoms with van der Waals surface area (Å²) in [5, 5.41) is 0. The van der Waals surface area contributed by atoms with Crippen molar-refractivity contribution in [2.24, 2.45) is 5.92 Å². The minimum atomic E-state index is -0.0876. The van der Waals surface area contributed by atoms with Gasteiger partial charge in [0, 0.05) is 50.9 Å². The van der Waals surface area contributed by atoms with E-state index in [0.29, 0.717) is 5.91 Å². The number of anilines is 1. The lowest BCUT2D eigenvalue weighted by molar-refractivity contribution is -0.137. The number of fused-ring (bicyclic) bond motifs is 1. The van der Waals surface area contributed by atoms with E-state index in [9.17, 15) is 4.79 Å². The molecule has 1 saturated heterocycles. The Bertz CT molecular complexity index is 805. The highest BCUT2D eigenvalue weighted by Gasteiger charge is 2.38. The Balaban J connectivity index is 1.65. The molecule has 2 fully saturated rings. The molecule has 26 heavy (non-hydrogen) atoms. The molecular formula is C21H30N4O. The second-order valence-corrected chi connectivity index (χ2v) is 8.55. The van der Waals surface area contributed by atoms with Crippen LogP contribution in [0.15, 0.2) is 24.5 Å². The number of amides is 1. The first-order valence-corrected chi connectivity index (χ1v) is 9.92. The lowest BCUT2D eigenvalue weighted by Crippen LogP contribution is -2.49. The van der Waals surface area contributed by atoms with Crippen LogP contribution in [0.25, 0.3) is 5.52 Å². The average Bonchev–Trinajstić information content (AvgIpc) is 3.31. The predicted molar refractivity (Wildman–Crippen MR) is 105 cm³/mol. The van der Waals surface area contributed by atoms with Gasteiger partial charge in [-0.3, -0.25) is 4.79 Å². The molecule has 4 rings (SSSR count). The van der Waals surface area contributed by atoms with Crippen LogP contribution in [0, 0.1) is 5.92 Å². The molecule has 0 bridgehead atoms. The number of hydrogen-bond acceptors (Lipinski definition) is 3. The Kier molecular flexibility index (Phi) is 4.41. The summed E-state index contributed by atoms with van der Waals surface area (Å²) in [7, 11) is 4.08. The van der Waals surface area contributed by atoms with E-state index < -0.39 is 0 Å². The zero-order chi connectivity index (χ0) is 18.3. The van der Waals surface area contributed by atoms with E-state index >= 15 is 0 Å². The molecule has 5 heteroatoms. The Morgan fingerprint density at radius 1 is 1.27 bits per heavy atom. The minimum Gasteiger partial charge on any atom is -0.361 e. The Hall–Kier alpha value is -2.04. The molecule has 5 nitrogen and oxygen atoms in total. The second kappa shape index (κ2) is 6.60. The number of likely N-dealkylation sites (tertiary alicyclic amines) is 1. The third kappa shape index (κ3) is 2.97. The number of hydrogen-bond donors (Lipinski definition) is 0. The standard InChI is InChI=1S/C21H30N4O/c1-21(11-7-13-25(15-21)20(26)16-8-4-5-9-16)18-14-24-12-6-10-17(24)19(22-18)23(2)3/h6,10,12,14,16H,4-5,7-9,11,13,15H2,1-3H3/t21-/m0/s1. The van der Waals surface area contributed by atoms with Gasteiger partial charge in [0.25, 0.3) is 0 Å². The van der Waals surface area contributed by atoms with Crippen LogP contribution in [0.2, 0.25) is 0 Å². The maximum atomic E-state index is 13.0. The van der Waals surface area contributed by atoms with Crippen LogP contribution in [0.1, 0.15) is 51.1 Å². The fraction of sp³-hybridized carbons (Fsp3) is 0.619. The molecule has 3 heterocycles. The first-order chi connectivity index (χ1) is 12.5. The Morgan fingerprint density at radius 2 is 2.04 bits per heavy atom. The van der Waals surface area contributed by atoms with Crippen molar-refractivity contribution in [2.45, 2.75) is 50.9 Å². The summed E-state index contributed by atoms with van der Waals surface area (Å²) in [4.78, 5) is 22.2. The van der Waals surface area contributed by atoms with E-state index in [2.05, 4.69) is 45.7 Å². The lowest BCUT2D eigenvalue weighted by Gasteiger charge is -2.41. The largest absolute Gasteiger partial charge is 0.361 e. The summed E-state index contributed by atoms with van der Waals surface area (Å²) >= 11 is 0. The highest BCUT2D eigenvalue weighted by molar-refractivity contribution is 5.79. The zero-order valence-electron chi connectivity index (χ0n) is 16.2. The van der Waals surface area contributed by atoms with Gasteiger partial charge >= 0.3 is 0 Å². The van der Waals surface area contributed by atoms with E-state index in [1.807, 2.05) is 14.1 Å². The summed E-state index contributed by atoms with van der Waals surface area (Å²) in [5.74, 6) is 1.63. The van der Waals surface area contributed by atoms with Gasteiger partial charge in [0.1, 0.15) is 0 Å². The number of rotatable bonds is 3. The van der Waals surface area contributed by atoms with Crippen LogP contribution in [-0.4, -0.2) is 47.4 Å². The van der Waals surface area contributed by atoms with Crippen molar-refractivity contribution < 1.29 is 4.79 Å². The monoisotopic (exact) mass is 354 g/mol. The van der Waals surface area contributed by atoms with Crippen LogP contribution < -0.4 is 4.90 Å². The number of piperidine rings is 1. The van der Waals surface area contributed by atoms with Gasteiger partial charge in [-0.05, 0) is 37.8 Å². The summed E-state index contributed by atoms with van der Waals surface area (Å²) in [6.07, 6.45) is 10.9. The van der Waals surface area contributed by atoms with Crippen LogP contribution >= 0.6 is 0 Å².